The summed E-state index contributed by atoms with van der Waals surface area (Å²) in [5.41, 5.74) is 1.36. The minimum atomic E-state index is -0.765. The lowest BCUT2D eigenvalue weighted by Crippen LogP contribution is -2.13. The third-order valence-electron chi connectivity index (χ3n) is 3.64. The summed E-state index contributed by atoms with van der Waals surface area (Å²) in [6, 6.07) is 0. The second-order valence-corrected chi connectivity index (χ2v) is 4.94. The second kappa shape index (κ2) is 7.13. The van der Waals surface area contributed by atoms with Gasteiger partial charge in [0, 0.05) is 17.8 Å². The van der Waals surface area contributed by atoms with E-state index in [1.807, 2.05) is 0 Å². The van der Waals surface area contributed by atoms with Crippen LogP contribution in [0.4, 0.5) is 0 Å². The zero-order valence-corrected chi connectivity index (χ0v) is 10.8. The van der Waals surface area contributed by atoms with Crippen molar-refractivity contribution in [1.82, 2.24) is 0 Å². The molecule has 0 spiro atoms. The van der Waals surface area contributed by atoms with Crippen molar-refractivity contribution in [3.05, 3.63) is 21.8 Å². The van der Waals surface area contributed by atoms with Gasteiger partial charge in [0.15, 0.2) is 0 Å². The molecule has 0 amide bonds. The van der Waals surface area contributed by atoms with Crippen molar-refractivity contribution < 1.29 is 14.8 Å². The van der Waals surface area contributed by atoms with Crippen LogP contribution in [0.25, 0.3) is 0 Å². The fourth-order valence-electron chi connectivity index (χ4n) is 2.66. The van der Waals surface area contributed by atoms with Crippen LogP contribution in [0, 0.1) is 22.0 Å². The van der Waals surface area contributed by atoms with Crippen LogP contribution in [0.5, 0.6) is 0 Å². The molecule has 1 aliphatic rings. The molecule has 0 aromatic heterocycles. The van der Waals surface area contributed by atoms with E-state index in [1.165, 1.54) is 5.57 Å². The number of carbonyl (C=O) groups is 1. The van der Waals surface area contributed by atoms with E-state index in [9.17, 15) is 14.9 Å². The molecule has 0 radical (unpaired) electrons. The molecular weight excluding hydrogens is 234 g/mol. The van der Waals surface area contributed by atoms with Crippen molar-refractivity contribution in [2.75, 3.05) is 6.54 Å². The fourth-order valence-corrected chi connectivity index (χ4v) is 2.66. The molecule has 0 saturated carbocycles. The minimum absolute atomic E-state index is 0.00753. The van der Waals surface area contributed by atoms with E-state index in [1.54, 1.807) is 0 Å². The average Bonchev–Trinajstić information content (AvgIpc) is 2.68. The van der Waals surface area contributed by atoms with Gasteiger partial charge in [-0.05, 0) is 37.5 Å². The van der Waals surface area contributed by atoms with E-state index in [0.717, 1.165) is 19.3 Å². The summed E-state index contributed by atoms with van der Waals surface area (Å²) in [6.45, 7) is 2.10. The van der Waals surface area contributed by atoms with Crippen LogP contribution in [-0.4, -0.2) is 22.5 Å². The molecule has 1 rings (SSSR count). The molecule has 0 bridgehead atoms. The topological polar surface area (TPSA) is 80.4 Å². The average molecular weight is 255 g/mol. The highest BCUT2D eigenvalue weighted by Gasteiger charge is 2.27. The minimum Gasteiger partial charge on any atom is -0.481 e. The van der Waals surface area contributed by atoms with E-state index in [2.05, 4.69) is 13.0 Å². The van der Waals surface area contributed by atoms with E-state index < -0.39 is 5.97 Å². The molecule has 0 fully saturated rings. The van der Waals surface area contributed by atoms with Gasteiger partial charge in [0.25, 0.3) is 0 Å². The zero-order valence-electron chi connectivity index (χ0n) is 10.8. The van der Waals surface area contributed by atoms with E-state index in [0.29, 0.717) is 18.8 Å². The third-order valence-corrected chi connectivity index (χ3v) is 3.64. The molecule has 1 aliphatic carbocycles. The lowest BCUT2D eigenvalue weighted by atomic mass is 9.88. The SMILES string of the molecule is CCC1=C[C@@H](CC[N+](=O)[O-])[C@@H](CCCC(=O)O)C1. The first-order valence-corrected chi connectivity index (χ1v) is 6.56. The molecule has 2 atom stereocenters. The summed E-state index contributed by atoms with van der Waals surface area (Å²) in [6.07, 6.45) is 6.44. The second-order valence-electron chi connectivity index (χ2n) is 4.94. The maximum atomic E-state index is 10.5. The largest absolute Gasteiger partial charge is 0.481 e. The number of nitro groups is 1. The molecule has 5 nitrogen and oxygen atoms in total. The molecule has 0 unspecified atom stereocenters. The summed E-state index contributed by atoms with van der Waals surface area (Å²) in [5.74, 6) is -0.100. The summed E-state index contributed by atoms with van der Waals surface area (Å²) in [4.78, 5) is 20.6. The highest BCUT2D eigenvalue weighted by Crippen LogP contribution is 2.37. The van der Waals surface area contributed by atoms with Crippen LogP contribution >= 0.6 is 0 Å². The summed E-state index contributed by atoms with van der Waals surface area (Å²) in [7, 11) is 0. The lowest BCUT2D eigenvalue weighted by Gasteiger charge is -2.17. The van der Waals surface area contributed by atoms with Crippen molar-refractivity contribution in [2.24, 2.45) is 11.8 Å². The van der Waals surface area contributed by atoms with Crippen LogP contribution in [-0.2, 0) is 4.79 Å². The molecule has 0 aliphatic heterocycles. The van der Waals surface area contributed by atoms with E-state index in [-0.39, 0.29) is 23.8 Å². The molecule has 0 heterocycles. The number of carboxylic acid groups (broad SMARTS) is 1. The zero-order chi connectivity index (χ0) is 13.5. The van der Waals surface area contributed by atoms with Crippen LogP contribution in [0.1, 0.15) is 45.4 Å². The van der Waals surface area contributed by atoms with Crippen molar-refractivity contribution in [3.63, 3.8) is 0 Å². The molecule has 0 aromatic carbocycles. The Morgan fingerprint density at radius 2 is 2.28 bits per heavy atom. The van der Waals surface area contributed by atoms with Crippen LogP contribution in [0.2, 0.25) is 0 Å². The van der Waals surface area contributed by atoms with Gasteiger partial charge < -0.3 is 5.11 Å². The molecule has 5 heteroatoms. The molecule has 0 saturated heterocycles. The Bertz CT molecular complexity index is 338. The van der Waals surface area contributed by atoms with Gasteiger partial charge in [0.1, 0.15) is 0 Å². The Hall–Kier alpha value is -1.39. The van der Waals surface area contributed by atoms with Gasteiger partial charge >= 0.3 is 5.97 Å². The number of aliphatic carboxylic acids is 1. The summed E-state index contributed by atoms with van der Waals surface area (Å²) < 4.78 is 0. The van der Waals surface area contributed by atoms with E-state index >= 15 is 0 Å². The summed E-state index contributed by atoms with van der Waals surface area (Å²) in [5, 5.41) is 19.0. The Morgan fingerprint density at radius 1 is 1.56 bits per heavy atom. The predicted molar refractivity (Wildman–Crippen MR) is 67.9 cm³/mol. The van der Waals surface area contributed by atoms with E-state index in [4.69, 9.17) is 5.11 Å². The first-order chi connectivity index (χ1) is 8.52. The highest BCUT2D eigenvalue weighted by molar-refractivity contribution is 5.66. The number of allylic oxidation sites excluding steroid dienone is 2. The predicted octanol–water partition coefficient (Wildman–Crippen LogP) is 2.88. The van der Waals surface area contributed by atoms with Gasteiger partial charge in [-0.15, -0.1) is 0 Å². The first kappa shape index (κ1) is 14.7. The van der Waals surface area contributed by atoms with Gasteiger partial charge in [-0.3, -0.25) is 14.9 Å². The number of hydrogen-bond donors (Lipinski definition) is 1. The Balaban J connectivity index is 2.44. The van der Waals surface area contributed by atoms with Gasteiger partial charge in [-0.1, -0.05) is 18.6 Å². The van der Waals surface area contributed by atoms with Gasteiger partial charge in [-0.25, -0.2) is 0 Å². The molecule has 18 heavy (non-hydrogen) atoms. The first-order valence-electron chi connectivity index (χ1n) is 6.56. The maximum absolute atomic E-state index is 10.5. The summed E-state index contributed by atoms with van der Waals surface area (Å²) >= 11 is 0. The van der Waals surface area contributed by atoms with Gasteiger partial charge in [0.05, 0.1) is 0 Å². The normalized spacial score (nSPS) is 22.8. The van der Waals surface area contributed by atoms with Crippen LogP contribution in [0.3, 0.4) is 0 Å². The Labute approximate surface area is 107 Å². The molecule has 102 valence electrons. The number of carboxylic acids is 1. The van der Waals surface area contributed by atoms with Crippen LogP contribution in [0.15, 0.2) is 11.6 Å². The maximum Gasteiger partial charge on any atom is 0.303 e. The quantitative estimate of drug-likeness (QED) is 0.411. The standard InChI is InChI=1S/C13H21NO4/c1-2-10-8-11(4-3-5-13(15)16)12(9-10)6-7-14(17)18/h9,11-12H,2-8H2,1H3,(H,15,16)/t11-,12+/m0/s1. The van der Waals surface area contributed by atoms with Crippen molar-refractivity contribution in [3.8, 4) is 0 Å². The van der Waals surface area contributed by atoms with Crippen LogP contribution < -0.4 is 0 Å². The van der Waals surface area contributed by atoms with Crippen molar-refractivity contribution in [2.45, 2.75) is 45.4 Å². The van der Waals surface area contributed by atoms with Gasteiger partial charge in [0.2, 0.25) is 6.54 Å². The number of hydrogen-bond acceptors (Lipinski definition) is 3. The van der Waals surface area contributed by atoms with Crippen molar-refractivity contribution >= 4 is 5.97 Å². The lowest BCUT2D eigenvalue weighted by molar-refractivity contribution is -0.481. The monoisotopic (exact) mass is 255 g/mol. The fraction of sp³-hybridized carbons (Fsp3) is 0.769. The number of nitrogens with zero attached hydrogens (tertiary/aromatic N) is 1. The number of rotatable bonds is 8. The van der Waals surface area contributed by atoms with Gasteiger partial charge in [-0.2, -0.15) is 0 Å². The molecule has 1 N–H and O–H groups in total. The van der Waals surface area contributed by atoms with Crippen molar-refractivity contribution in [1.29, 1.82) is 0 Å². The molecule has 0 aromatic rings. The smallest absolute Gasteiger partial charge is 0.303 e. The Kier molecular flexibility index (Phi) is 5.82. The third kappa shape index (κ3) is 4.85. The Morgan fingerprint density at radius 3 is 2.83 bits per heavy atom. The highest BCUT2D eigenvalue weighted by atomic mass is 16.6. The molecular formula is C13H21NO4.